The Morgan fingerprint density at radius 1 is 1.00 bits per heavy atom. The first-order valence-electron chi connectivity index (χ1n) is 5.58. The van der Waals surface area contributed by atoms with E-state index in [2.05, 4.69) is 19.2 Å². The minimum atomic E-state index is 0.226. The molecule has 0 unspecified atom stereocenters. The molecule has 0 bridgehead atoms. The maximum absolute atomic E-state index is 11.2. The summed E-state index contributed by atoms with van der Waals surface area (Å²) >= 11 is 0. The van der Waals surface area contributed by atoms with Crippen molar-refractivity contribution >= 4 is 5.91 Å². The Hall–Kier alpha value is -0.530. The molecular formula is C11H23NO. The fourth-order valence-corrected chi connectivity index (χ4v) is 1.23. The Balaban J connectivity index is 3.11. The molecule has 0 atom stereocenters. The molecule has 2 nitrogen and oxygen atoms in total. The zero-order valence-corrected chi connectivity index (χ0v) is 9.07. The van der Waals surface area contributed by atoms with E-state index in [1.54, 1.807) is 0 Å². The minimum Gasteiger partial charge on any atom is -0.356 e. The number of hydrogen-bond acceptors (Lipinski definition) is 1. The average molecular weight is 185 g/mol. The molecule has 0 aliphatic carbocycles. The van der Waals surface area contributed by atoms with E-state index in [0.29, 0.717) is 6.42 Å². The van der Waals surface area contributed by atoms with Crippen LogP contribution in [0.5, 0.6) is 0 Å². The normalized spacial score (nSPS) is 10.0. The van der Waals surface area contributed by atoms with Crippen LogP contribution in [-0.4, -0.2) is 12.5 Å². The van der Waals surface area contributed by atoms with Crippen LogP contribution in [0.2, 0.25) is 0 Å². The second-order valence-corrected chi connectivity index (χ2v) is 3.51. The number of amides is 1. The highest BCUT2D eigenvalue weighted by Gasteiger charge is 1.98. The molecule has 13 heavy (non-hydrogen) atoms. The van der Waals surface area contributed by atoms with Crippen molar-refractivity contribution in [2.75, 3.05) is 6.54 Å². The Morgan fingerprint density at radius 2 is 1.62 bits per heavy atom. The molecule has 0 spiro atoms. The third kappa shape index (κ3) is 9.38. The van der Waals surface area contributed by atoms with E-state index in [4.69, 9.17) is 0 Å². The van der Waals surface area contributed by atoms with Crippen LogP contribution in [0.15, 0.2) is 0 Å². The third-order valence-electron chi connectivity index (χ3n) is 2.11. The minimum absolute atomic E-state index is 0.226. The smallest absolute Gasteiger partial charge is 0.219 e. The molecule has 0 aliphatic heterocycles. The van der Waals surface area contributed by atoms with E-state index in [9.17, 15) is 4.79 Å². The fourth-order valence-electron chi connectivity index (χ4n) is 1.23. The van der Waals surface area contributed by atoms with Crippen LogP contribution in [0.25, 0.3) is 0 Å². The molecule has 0 radical (unpaired) electrons. The summed E-state index contributed by atoms with van der Waals surface area (Å²) in [7, 11) is 0. The molecule has 0 saturated carbocycles. The molecule has 0 aliphatic rings. The monoisotopic (exact) mass is 185 g/mol. The van der Waals surface area contributed by atoms with Gasteiger partial charge in [-0.1, -0.05) is 39.5 Å². The highest BCUT2D eigenvalue weighted by atomic mass is 16.1. The van der Waals surface area contributed by atoms with Gasteiger partial charge in [-0.2, -0.15) is 0 Å². The van der Waals surface area contributed by atoms with Gasteiger partial charge in [-0.15, -0.1) is 0 Å². The second kappa shape index (κ2) is 9.56. The first-order valence-corrected chi connectivity index (χ1v) is 5.58. The molecule has 0 heterocycles. The SMILES string of the molecule is CCCCCNC(=O)CCCCC. The Labute approximate surface area is 82.1 Å². The van der Waals surface area contributed by atoms with Gasteiger partial charge in [0.15, 0.2) is 0 Å². The van der Waals surface area contributed by atoms with Gasteiger partial charge in [0, 0.05) is 13.0 Å². The summed E-state index contributed by atoms with van der Waals surface area (Å²) in [5.41, 5.74) is 0. The van der Waals surface area contributed by atoms with Crippen LogP contribution in [0.4, 0.5) is 0 Å². The molecule has 0 aromatic heterocycles. The largest absolute Gasteiger partial charge is 0.356 e. The maximum Gasteiger partial charge on any atom is 0.219 e. The maximum atomic E-state index is 11.2. The second-order valence-electron chi connectivity index (χ2n) is 3.51. The molecule has 0 saturated heterocycles. The van der Waals surface area contributed by atoms with Crippen LogP contribution >= 0.6 is 0 Å². The van der Waals surface area contributed by atoms with Gasteiger partial charge in [-0.05, 0) is 12.8 Å². The number of unbranched alkanes of at least 4 members (excludes halogenated alkanes) is 4. The van der Waals surface area contributed by atoms with Gasteiger partial charge in [0.25, 0.3) is 0 Å². The lowest BCUT2D eigenvalue weighted by Gasteiger charge is -2.03. The summed E-state index contributed by atoms with van der Waals surface area (Å²) < 4.78 is 0. The summed E-state index contributed by atoms with van der Waals surface area (Å²) in [5.74, 6) is 0.226. The number of nitrogens with one attached hydrogen (secondary N) is 1. The number of carbonyl (C=O) groups excluding carboxylic acids is 1. The first kappa shape index (κ1) is 12.5. The van der Waals surface area contributed by atoms with Crippen molar-refractivity contribution in [1.29, 1.82) is 0 Å². The summed E-state index contributed by atoms with van der Waals surface area (Å²) in [6.45, 7) is 5.18. The van der Waals surface area contributed by atoms with Gasteiger partial charge in [0.2, 0.25) is 5.91 Å². The van der Waals surface area contributed by atoms with Crippen LogP contribution in [0.1, 0.15) is 58.8 Å². The fraction of sp³-hybridized carbons (Fsp3) is 0.909. The van der Waals surface area contributed by atoms with Crippen molar-refractivity contribution in [3.8, 4) is 0 Å². The topological polar surface area (TPSA) is 29.1 Å². The lowest BCUT2D eigenvalue weighted by atomic mass is 10.2. The van der Waals surface area contributed by atoms with Crippen LogP contribution in [0.3, 0.4) is 0 Å². The Bertz CT molecular complexity index is 123. The van der Waals surface area contributed by atoms with Gasteiger partial charge in [0.1, 0.15) is 0 Å². The zero-order valence-electron chi connectivity index (χ0n) is 9.07. The van der Waals surface area contributed by atoms with Gasteiger partial charge in [-0.3, -0.25) is 4.79 Å². The van der Waals surface area contributed by atoms with Gasteiger partial charge < -0.3 is 5.32 Å². The van der Waals surface area contributed by atoms with Gasteiger partial charge in [-0.25, -0.2) is 0 Å². The molecular weight excluding hydrogens is 162 g/mol. The standard InChI is InChI=1S/C11H23NO/c1-3-5-7-9-11(13)12-10-8-6-4-2/h3-10H2,1-2H3,(H,12,13). The van der Waals surface area contributed by atoms with Crippen molar-refractivity contribution in [2.24, 2.45) is 0 Å². The van der Waals surface area contributed by atoms with Crippen LogP contribution in [0, 0.1) is 0 Å². The van der Waals surface area contributed by atoms with Crippen molar-refractivity contribution in [3.05, 3.63) is 0 Å². The Morgan fingerprint density at radius 3 is 2.23 bits per heavy atom. The predicted molar refractivity (Wildman–Crippen MR) is 56.7 cm³/mol. The van der Waals surface area contributed by atoms with Crippen molar-refractivity contribution in [3.63, 3.8) is 0 Å². The molecule has 0 rings (SSSR count). The van der Waals surface area contributed by atoms with Crippen molar-refractivity contribution < 1.29 is 4.79 Å². The Kier molecular flexibility index (Phi) is 9.17. The van der Waals surface area contributed by atoms with Crippen LogP contribution < -0.4 is 5.32 Å². The zero-order chi connectivity index (χ0) is 9.94. The highest BCUT2D eigenvalue weighted by molar-refractivity contribution is 5.75. The molecule has 0 fully saturated rings. The number of hydrogen-bond donors (Lipinski definition) is 1. The molecule has 78 valence electrons. The highest BCUT2D eigenvalue weighted by Crippen LogP contribution is 1.98. The average Bonchev–Trinajstić information content (AvgIpc) is 2.13. The summed E-state index contributed by atoms with van der Waals surface area (Å²) in [6.07, 6.45) is 7.65. The van der Waals surface area contributed by atoms with E-state index in [1.807, 2.05) is 0 Å². The predicted octanol–water partition coefficient (Wildman–Crippen LogP) is 2.87. The summed E-state index contributed by atoms with van der Waals surface area (Å²) in [4.78, 5) is 11.2. The van der Waals surface area contributed by atoms with E-state index in [-0.39, 0.29) is 5.91 Å². The third-order valence-corrected chi connectivity index (χ3v) is 2.11. The molecule has 1 amide bonds. The lowest BCUT2D eigenvalue weighted by Crippen LogP contribution is -2.23. The van der Waals surface area contributed by atoms with E-state index < -0.39 is 0 Å². The lowest BCUT2D eigenvalue weighted by molar-refractivity contribution is -0.121. The summed E-state index contributed by atoms with van der Waals surface area (Å²) in [5, 5.41) is 2.94. The van der Waals surface area contributed by atoms with E-state index in [0.717, 1.165) is 19.4 Å². The number of rotatable bonds is 8. The first-order chi connectivity index (χ1) is 6.31. The van der Waals surface area contributed by atoms with Gasteiger partial charge >= 0.3 is 0 Å². The van der Waals surface area contributed by atoms with E-state index >= 15 is 0 Å². The van der Waals surface area contributed by atoms with Gasteiger partial charge in [0.05, 0.1) is 0 Å². The van der Waals surface area contributed by atoms with Crippen molar-refractivity contribution in [2.45, 2.75) is 58.8 Å². The quantitative estimate of drug-likeness (QED) is 0.579. The molecule has 1 N–H and O–H groups in total. The molecule has 0 aromatic carbocycles. The van der Waals surface area contributed by atoms with Crippen molar-refractivity contribution in [1.82, 2.24) is 5.32 Å². The van der Waals surface area contributed by atoms with E-state index in [1.165, 1.54) is 25.7 Å². The number of carbonyl (C=O) groups is 1. The molecule has 0 aromatic rings. The summed E-state index contributed by atoms with van der Waals surface area (Å²) in [6, 6.07) is 0. The molecule has 2 heteroatoms. The van der Waals surface area contributed by atoms with Crippen LogP contribution in [-0.2, 0) is 4.79 Å².